The first-order valence-corrected chi connectivity index (χ1v) is 9.80. The second-order valence-electron chi connectivity index (χ2n) is 7.38. The third-order valence-electron chi connectivity index (χ3n) is 4.99. The number of methoxy groups -OCH3 is 1. The molecule has 0 bridgehead atoms. The van der Waals surface area contributed by atoms with E-state index in [1.165, 1.54) is 4.90 Å². The summed E-state index contributed by atoms with van der Waals surface area (Å²) >= 11 is 0. The molecule has 1 aromatic carbocycles. The number of aryl methyl sites for hydroxylation is 1. The van der Waals surface area contributed by atoms with Crippen LogP contribution in [0.25, 0.3) is 5.76 Å². The number of aromatic nitrogens is 1. The molecule has 0 spiro atoms. The van der Waals surface area contributed by atoms with Crippen LogP contribution in [0.15, 0.2) is 48.3 Å². The SMILES string of the molecule is COc1ccc(/C(O)=C2/C(=O)C(=O)N(CCOC(C)C)C2c2cccnc2)cc1C. The van der Waals surface area contributed by atoms with Crippen molar-refractivity contribution in [2.75, 3.05) is 20.3 Å². The number of carbonyl (C=O) groups excluding carboxylic acids is 2. The molecule has 7 heteroatoms. The third kappa shape index (κ3) is 4.21. The molecular weight excluding hydrogens is 384 g/mol. The summed E-state index contributed by atoms with van der Waals surface area (Å²) in [6.07, 6.45) is 3.21. The molecule has 1 aliphatic heterocycles. The number of hydrogen-bond donors (Lipinski definition) is 1. The molecule has 1 N–H and O–H groups in total. The Morgan fingerprint density at radius 2 is 2.03 bits per heavy atom. The van der Waals surface area contributed by atoms with Crippen molar-refractivity contribution < 1.29 is 24.2 Å². The van der Waals surface area contributed by atoms with Crippen LogP contribution in [-0.4, -0.2) is 53.0 Å². The number of aliphatic hydroxyl groups excluding tert-OH is 1. The van der Waals surface area contributed by atoms with Crippen molar-refractivity contribution in [1.82, 2.24) is 9.88 Å². The average Bonchev–Trinajstić information content (AvgIpc) is 2.98. The summed E-state index contributed by atoms with van der Waals surface area (Å²) in [5, 5.41) is 11.0. The van der Waals surface area contributed by atoms with Gasteiger partial charge in [-0.1, -0.05) is 6.07 Å². The zero-order chi connectivity index (χ0) is 21.8. The van der Waals surface area contributed by atoms with Gasteiger partial charge in [-0.15, -0.1) is 0 Å². The number of carbonyl (C=O) groups is 2. The number of aliphatic hydroxyl groups is 1. The van der Waals surface area contributed by atoms with Crippen LogP contribution in [0.2, 0.25) is 0 Å². The number of amides is 1. The molecule has 2 heterocycles. The van der Waals surface area contributed by atoms with Gasteiger partial charge in [-0.3, -0.25) is 14.6 Å². The van der Waals surface area contributed by atoms with Gasteiger partial charge in [0.2, 0.25) is 0 Å². The Morgan fingerprint density at radius 3 is 2.63 bits per heavy atom. The van der Waals surface area contributed by atoms with E-state index in [4.69, 9.17) is 9.47 Å². The van der Waals surface area contributed by atoms with Gasteiger partial charge >= 0.3 is 0 Å². The number of ketones is 1. The lowest BCUT2D eigenvalue weighted by molar-refractivity contribution is -0.140. The van der Waals surface area contributed by atoms with Gasteiger partial charge in [0.15, 0.2) is 0 Å². The number of ether oxygens (including phenoxy) is 2. The zero-order valence-corrected chi connectivity index (χ0v) is 17.6. The van der Waals surface area contributed by atoms with Gasteiger partial charge in [0.05, 0.1) is 31.4 Å². The number of Topliss-reactive ketones (excluding diaryl/α,β-unsaturated/α-hetero) is 1. The lowest BCUT2D eigenvalue weighted by Crippen LogP contribution is -2.33. The number of likely N-dealkylation sites (tertiary alicyclic amines) is 1. The molecule has 1 aromatic heterocycles. The van der Waals surface area contributed by atoms with Crippen molar-refractivity contribution in [1.29, 1.82) is 0 Å². The summed E-state index contributed by atoms with van der Waals surface area (Å²) < 4.78 is 10.8. The largest absolute Gasteiger partial charge is 0.507 e. The van der Waals surface area contributed by atoms with Crippen LogP contribution in [-0.2, 0) is 14.3 Å². The maximum Gasteiger partial charge on any atom is 0.295 e. The summed E-state index contributed by atoms with van der Waals surface area (Å²) in [6.45, 7) is 6.15. The first-order chi connectivity index (χ1) is 14.3. The van der Waals surface area contributed by atoms with E-state index in [1.54, 1.807) is 49.8 Å². The fourth-order valence-electron chi connectivity index (χ4n) is 3.56. The predicted molar refractivity (Wildman–Crippen MR) is 112 cm³/mol. The number of rotatable bonds is 7. The van der Waals surface area contributed by atoms with E-state index in [9.17, 15) is 14.7 Å². The molecule has 7 nitrogen and oxygen atoms in total. The van der Waals surface area contributed by atoms with Crippen molar-refractivity contribution >= 4 is 17.4 Å². The first-order valence-electron chi connectivity index (χ1n) is 9.80. The van der Waals surface area contributed by atoms with Crippen molar-refractivity contribution in [3.05, 3.63) is 65.0 Å². The molecule has 0 aliphatic carbocycles. The van der Waals surface area contributed by atoms with Crippen LogP contribution >= 0.6 is 0 Å². The van der Waals surface area contributed by atoms with Crippen LogP contribution in [0.1, 0.15) is 36.6 Å². The third-order valence-corrected chi connectivity index (χ3v) is 4.99. The number of hydrogen-bond acceptors (Lipinski definition) is 6. The Labute approximate surface area is 175 Å². The lowest BCUT2D eigenvalue weighted by atomic mass is 9.95. The Morgan fingerprint density at radius 1 is 1.27 bits per heavy atom. The predicted octanol–water partition coefficient (Wildman–Crippen LogP) is 3.25. The molecule has 3 rings (SSSR count). The highest BCUT2D eigenvalue weighted by molar-refractivity contribution is 6.46. The highest BCUT2D eigenvalue weighted by Gasteiger charge is 2.46. The molecule has 1 unspecified atom stereocenters. The van der Waals surface area contributed by atoms with E-state index in [1.807, 2.05) is 20.8 Å². The highest BCUT2D eigenvalue weighted by Crippen LogP contribution is 2.39. The van der Waals surface area contributed by atoms with Gasteiger partial charge in [-0.2, -0.15) is 0 Å². The zero-order valence-electron chi connectivity index (χ0n) is 17.6. The van der Waals surface area contributed by atoms with Crippen molar-refractivity contribution in [3.63, 3.8) is 0 Å². The van der Waals surface area contributed by atoms with E-state index >= 15 is 0 Å². The van der Waals surface area contributed by atoms with Gasteiger partial charge < -0.3 is 19.5 Å². The fraction of sp³-hybridized carbons (Fsp3) is 0.348. The standard InChI is InChI=1S/C23H26N2O5/c1-14(2)30-11-10-25-20(17-6-5-9-24-13-17)19(22(27)23(25)28)21(26)16-7-8-18(29-4)15(3)12-16/h5-9,12-14,20,26H,10-11H2,1-4H3/b21-19-. The maximum atomic E-state index is 12.9. The van der Waals surface area contributed by atoms with E-state index in [-0.39, 0.29) is 30.6 Å². The fourth-order valence-corrected chi connectivity index (χ4v) is 3.56. The number of nitrogens with zero attached hydrogens (tertiary/aromatic N) is 2. The van der Waals surface area contributed by atoms with Gasteiger partial charge in [0.1, 0.15) is 11.5 Å². The van der Waals surface area contributed by atoms with Gasteiger partial charge in [0, 0.05) is 24.5 Å². The van der Waals surface area contributed by atoms with E-state index < -0.39 is 17.7 Å². The number of pyridine rings is 1. The van der Waals surface area contributed by atoms with Crippen LogP contribution < -0.4 is 4.74 Å². The van der Waals surface area contributed by atoms with Crippen LogP contribution in [0.5, 0.6) is 5.75 Å². The summed E-state index contributed by atoms with van der Waals surface area (Å²) in [5.74, 6) is -0.941. The van der Waals surface area contributed by atoms with Crippen LogP contribution in [0.3, 0.4) is 0 Å². The van der Waals surface area contributed by atoms with Crippen molar-refractivity contribution in [2.24, 2.45) is 0 Å². The van der Waals surface area contributed by atoms with Crippen molar-refractivity contribution in [3.8, 4) is 5.75 Å². The minimum absolute atomic E-state index is 0.000869. The van der Waals surface area contributed by atoms with Gasteiger partial charge in [-0.05, 0) is 56.2 Å². The molecule has 1 saturated heterocycles. The van der Waals surface area contributed by atoms with Crippen LogP contribution in [0, 0.1) is 6.92 Å². The first kappa shape index (κ1) is 21.5. The summed E-state index contributed by atoms with van der Waals surface area (Å²) in [5.41, 5.74) is 1.94. The quantitative estimate of drug-likeness (QED) is 0.428. The minimum Gasteiger partial charge on any atom is -0.507 e. The lowest BCUT2D eigenvalue weighted by Gasteiger charge is -2.25. The van der Waals surface area contributed by atoms with E-state index in [2.05, 4.69) is 4.98 Å². The van der Waals surface area contributed by atoms with Gasteiger partial charge in [-0.25, -0.2) is 0 Å². The summed E-state index contributed by atoms with van der Waals surface area (Å²) in [4.78, 5) is 31.3. The molecule has 0 radical (unpaired) electrons. The Hall–Kier alpha value is -3.19. The molecule has 1 amide bonds. The Kier molecular flexibility index (Phi) is 6.52. The molecule has 0 saturated carbocycles. The molecule has 1 fully saturated rings. The topological polar surface area (TPSA) is 89.0 Å². The molecule has 158 valence electrons. The minimum atomic E-state index is -0.739. The molecule has 30 heavy (non-hydrogen) atoms. The molecule has 1 aliphatic rings. The molecule has 1 atom stereocenters. The van der Waals surface area contributed by atoms with E-state index in [0.717, 1.165) is 5.56 Å². The summed E-state index contributed by atoms with van der Waals surface area (Å²) in [6, 6.07) is 7.89. The molecule has 2 aromatic rings. The van der Waals surface area contributed by atoms with E-state index in [0.29, 0.717) is 16.9 Å². The van der Waals surface area contributed by atoms with Crippen molar-refractivity contribution in [2.45, 2.75) is 32.9 Å². The van der Waals surface area contributed by atoms with Crippen LogP contribution in [0.4, 0.5) is 0 Å². The Bertz CT molecular complexity index is 969. The maximum absolute atomic E-state index is 12.9. The monoisotopic (exact) mass is 410 g/mol. The normalized spacial score (nSPS) is 18.3. The van der Waals surface area contributed by atoms with Gasteiger partial charge in [0.25, 0.3) is 11.7 Å². The second-order valence-corrected chi connectivity index (χ2v) is 7.38. The number of benzene rings is 1. The average molecular weight is 410 g/mol. The summed E-state index contributed by atoms with van der Waals surface area (Å²) in [7, 11) is 1.56. The second kappa shape index (κ2) is 9.09. The molecular formula is C23H26N2O5. The Balaban J connectivity index is 2.08. The smallest absolute Gasteiger partial charge is 0.295 e. The highest BCUT2D eigenvalue weighted by atomic mass is 16.5.